The summed E-state index contributed by atoms with van der Waals surface area (Å²) >= 11 is 0. The van der Waals surface area contributed by atoms with E-state index in [1.54, 1.807) is 66.7 Å². The number of nitrogen functional groups attached to an aromatic ring is 1. The number of hydrogen-bond acceptors (Lipinski definition) is 4. The minimum atomic E-state index is -0.397. The summed E-state index contributed by atoms with van der Waals surface area (Å²) in [4.78, 5) is 38.8. The van der Waals surface area contributed by atoms with Crippen molar-refractivity contribution >= 4 is 34.8 Å². The lowest BCUT2D eigenvalue weighted by atomic mass is 10.1. The molecule has 0 saturated carbocycles. The number of hydrogen-bond donors (Lipinski definition) is 2. The zero-order valence-corrected chi connectivity index (χ0v) is 14.2. The van der Waals surface area contributed by atoms with Gasteiger partial charge in [-0.25, -0.2) is 4.90 Å². The number of nitrogens with two attached hydrogens (primary N) is 1. The number of fused-ring (bicyclic) bond motifs is 1. The fraction of sp³-hybridized carbons (Fsp3) is 0. The number of nitrogens with one attached hydrogen (secondary N) is 1. The number of carbonyl (C=O) groups excluding carboxylic acids is 3. The van der Waals surface area contributed by atoms with Crippen LogP contribution in [0.4, 0.5) is 17.1 Å². The molecule has 0 aromatic heterocycles. The third-order valence-electron chi connectivity index (χ3n) is 4.33. The Hall–Kier alpha value is -3.93. The summed E-state index contributed by atoms with van der Waals surface area (Å²) in [5, 5.41) is 2.76. The van der Waals surface area contributed by atoms with Crippen LogP contribution in [-0.2, 0) is 0 Å². The van der Waals surface area contributed by atoms with Crippen molar-refractivity contribution in [3.63, 3.8) is 0 Å². The van der Waals surface area contributed by atoms with Crippen molar-refractivity contribution in [1.29, 1.82) is 0 Å². The molecule has 1 heterocycles. The van der Waals surface area contributed by atoms with Gasteiger partial charge in [-0.2, -0.15) is 0 Å². The van der Waals surface area contributed by atoms with Gasteiger partial charge >= 0.3 is 0 Å². The van der Waals surface area contributed by atoms with E-state index in [4.69, 9.17) is 5.73 Å². The van der Waals surface area contributed by atoms with Gasteiger partial charge in [0, 0.05) is 16.9 Å². The fourth-order valence-corrected chi connectivity index (χ4v) is 2.98. The highest BCUT2D eigenvalue weighted by Crippen LogP contribution is 2.28. The van der Waals surface area contributed by atoms with Crippen molar-refractivity contribution in [1.82, 2.24) is 0 Å². The molecule has 3 amide bonds. The third kappa shape index (κ3) is 2.93. The highest BCUT2D eigenvalue weighted by molar-refractivity contribution is 6.34. The summed E-state index contributed by atoms with van der Waals surface area (Å²) in [6.07, 6.45) is 0. The zero-order chi connectivity index (χ0) is 19.0. The van der Waals surface area contributed by atoms with E-state index in [0.717, 1.165) is 4.90 Å². The van der Waals surface area contributed by atoms with Crippen LogP contribution in [0.3, 0.4) is 0 Å². The monoisotopic (exact) mass is 357 g/mol. The third-order valence-corrected chi connectivity index (χ3v) is 4.33. The topological polar surface area (TPSA) is 92.5 Å². The molecular formula is C21H15N3O3. The molecule has 0 unspecified atom stereocenters. The summed E-state index contributed by atoms with van der Waals surface area (Å²) in [7, 11) is 0. The van der Waals surface area contributed by atoms with Crippen LogP contribution >= 0.6 is 0 Å². The van der Waals surface area contributed by atoms with Crippen LogP contribution in [-0.4, -0.2) is 17.7 Å². The normalized spacial score (nSPS) is 12.8. The van der Waals surface area contributed by atoms with Gasteiger partial charge in [-0.15, -0.1) is 0 Å². The van der Waals surface area contributed by atoms with Crippen LogP contribution in [0.25, 0.3) is 0 Å². The first-order chi connectivity index (χ1) is 13.0. The Morgan fingerprint density at radius 2 is 1.44 bits per heavy atom. The Balaban J connectivity index is 1.62. The Bertz CT molecular complexity index is 1040. The molecule has 132 valence electrons. The highest BCUT2D eigenvalue weighted by atomic mass is 16.2. The molecule has 6 heteroatoms. The number of amides is 3. The maximum absolute atomic E-state index is 12.6. The molecule has 0 saturated heterocycles. The van der Waals surface area contributed by atoms with Crippen LogP contribution in [0.5, 0.6) is 0 Å². The molecule has 3 aromatic rings. The van der Waals surface area contributed by atoms with Crippen LogP contribution in [0.1, 0.15) is 31.1 Å². The number of benzene rings is 3. The van der Waals surface area contributed by atoms with Gasteiger partial charge < -0.3 is 11.1 Å². The van der Waals surface area contributed by atoms with Gasteiger partial charge in [-0.05, 0) is 54.6 Å². The minimum absolute atomic E-state index is 0.334. The van der Waals surface area contributed by atoms with Gasteiger partial charge in [0.1, 0.15) is 0 Å². The van der Waals surface area contributed by atoms with E-state index in [2.05, 4.69) is 5.32 Å². The van der Waals surface area contributed by atoms with Gasteiger partial charge in [0.25, 0.3) is 17.7 Å². The molecular weight excluding hydrogens is 342 g/mol. The molecule has 0 radical (unpaired) electrons. The zero-order valence-electron chi connectivity index (χ0n) is 14.2. The Labute approximate surface area is 155 Å². The van der Waals surface area contributed by atoms with Gasteiger partial charge in [-0.1, -0.05) is 18.2 Å². The summed E-state index contributed by atoms with van der Waals surface area (Å²) in [5.74, 6) is -1.14. The Kier molecular flexibility index (Phi) is 3.93. The van der Waals surface area contributed by atoms with Crippen molar-refractivity contribution in [3.8, 4) is 0 Å². The molecule has 0 bridgehead atoms. The standard InChI is InChI=1S/C21H15N3O3/c22-14-8-10-15(11-9-14)23-19(25)13-4-3-5-16(12-13)24-20(26)17-6-1-2-7-18(17)21(24)27/h1-12H,22H2,(H,23,25). The Morgan fingerprint density at radius 3 is 2.07 bits per heavy atom. The first kappa shape index (κ1) is 16.5. The fourth-order valence-electron chi connectivity index (χ4n) is 2.98. The number of imide groups is 1. The lowest BCUT2D eigenvalue weighted by Gasteiger charge is -2.15. The first-order valence-corrected chi connectivity index (χ1v) is 8.29. The second-order valence-electron chi connectivity index (χ2n) is 6.12. The SMILES string of the molecule is Nc1ccc(NC(=O)c2cccc(N3C(=O)c4ccccc4C3=O)c2)cc1. The lowest BCUT2D eigenvalue weighted by molar-refractivity contribution is 0.0924. The van der Waals surface area contributed by atoms with Crippen molar-refractivity contribution in [3.05, 3.63) is 89.5 Å². The number of rotatable bonds is 3. The van der Waals surface area contributed by atoms with Gasteiger partial charge in [0.2, 0.25) is 0 Å². The molecule has 0 fully saturated rings. The molecule has 3 aromatic carbocycles. The van der Waals surface area contributed by atoms with Crippen molar-refractivity contribution in [2.24, 2.45) is 0 Å². The van der Waals surface area contributed by atoms with Crippen molar-refractivity contribution < 1.29 is 14.4 Å². The second-order valence-corrected chi connectivity index (χ2v) is 6.12. The molecule has 0 spiro atoms. The van der Waals surface area contributed by atoms with Crippen LogP contribution in [0.15, 0.2) is 72.8 Å². The second kappa shape index (κ2) is 6.42. The quantitative estimate of drug-likeness (QED) is 0.555. The van der Waals surface area contributed by atoms with E-state index in [1.807, 2.05) is 0 Å². The number of anilines is 3. The predicted octanol–water partition coefficient (Wildman–Crippen LogP) is 3.32. The molecule has 1 aliphatic rings. The summed E-state index contributed by atoms with van der Waals surface area (Å²) in [6.45, 7) is 0. The maximum Gasteiger partial charge on any atom is 0.266 e. The maximum atomic E-state index is 12.6. The average Bonchev–Trinajstić information content (AvgIpc) is 2.95. The number of carbonyl (C=O) groups is 3. The van der Waals surface area contributed by atoms with Gasteiger partial charge in [0.15, 0.2) is 0 Å². The number of nitrogens with zero attached hydrogens (tertiary/aromatic N) is 1. The highest BCUT2D eigenvalue weighted by Gasteiger charge is 2.36. The minimum Gasteiger partial charge on any atom is -0.399 e. The lowest BCUT2D eigenvalue weighted by Crippen LogP contribution is -2.29. The van der Waals surface area contributed by atoms with Crippen molar-refractivity contribution in [2.75, 3.05) is 16.0 Å². The molecule has 3 N–H and O–H groups in total. The van der Waals surface area contributed by atoms with E-state index in [1.165, 1.54) is 6.07 Å². The summed E-state index contributed by atoms with van der Waals surface area (Å²) in [6, 6.07) is 19.8. The smallest absolute Gasteiger partial charge is 0.266 e. The Morgan fingerprint density at radius 1 is 0.815 bits per heavy atom. The average molecular weight is 357 g/mol. The van der Waals surface area contributed by atoms with E-state index in [0.29, 0.717) is 33.8 Å². The van der Waals surface area contributed by atoms with Gasteiger partial charge in [-0.3, -0.25) is 14.4 Å². The first-order valence-electron chi connectivity index (χ1n) is 8.29. The summed E-state index contributed by atoms with van der Waals surface area (Å²) < 4.78 is 0. The van der Waals surface area contributed by atoms with Crippen LogP contribution in [0, 0.1) is 0 Å². The van der Waals surface area contributed by atoms with E-state index >= 15 is 0 Å². The molecule has 0 atom stereocenters. The summed E-state index contributed by atoms with van der Waals surface area (Å²) in [5.41, 5.74) is 8.24. The van der Waals surface area contributed by atoms with Crippen molar-refractivity contribution in [2.45, 2.75) is 0 Å². The molecule has 0 aliphatic carbocycles. The largest absolute Gasteiger partial charge is 0.399 e. The molecule has 1 aliphatic heterocycles. The van der Waals surface area contributed by atoms with Gasteiger partial charge in [0.05, 0.1) is 16.8 Å². The predicted molar refractivity (Wildman–Crippen MR) is 103 cm³/mol. The van der Waals surface area contributed by atoms with E-state index in [9.17, 15) is 14.4 Å². The van der Waals surface area contributed by atoms with Crippen LogP contribution in [0.2, 0.25) is 0 Å². The molecule has 27 heavy (non-hydrogen) atoms. The molecule has 4 rings (SSSR count). The van der Waals surface area contributed by atoms with Crippen LogP contribution < -0.4 is 16.0 Å². The van der Waals surface area contributed by atoms with E-state index < -0.39 is 11.8 Å². The molecule has 6 nitrogen and oxygen atoms in total. The van der Waals surface area contributed by atoms with E-state index in [-0.39, 0.29) is 5.91 Å².